The van der Waals surface area contributed by atoms with Crippen molar-refractivity contribution in [1.82, 2.24) is 10.6 Å². The van der Waals surface area contributed by atoms with Crippen LogP contribution in [0.5, 0.6) is 0 Å². The lowest BCUT2D eigenvalue weighted by atomic mass is 10.1. The van der Waals surface area contributed by atoms with Gasteiger partial charge in [0.05, 0.1) is 6.04 Å². The van der Waals surface area contributed by atoms with Gasteiger partial charge in [0.15, 0.2) is 0 Å². The standard InChI is InChI=1S/C9H20N2O2/c1-4-8(5-6-12)11-9(13)7(2)10-3/h7-8,10,12H,4-6H2,1-3H3,(H,11,13). The number of hydrogen-bond donors (Lipinski definition) is 3. The number of aliphatic hydroxyl groups is 1. The first kappa shape index (κ1) is 12.4. The zero-order chi connectivity index (χ0) is 10.3. The Morgan fingerprint density at radius 2 is 2.15 bits per heavy atom. The summed E-state index contributed by atoms with van der Waals surface area (Å²) in [5.41, 5.74) is 0. The van der Waals surface area contributed by atoms with Gasteiger partial charge in [0.25, 0.3) is 0 Å². The maximum absolute atomic E-state index is 11.4. The van der Waals surface area contributed by atoms with Gasteiger partial charge in [0.1, 0.15) is 0 Å². The highest BCUT2D eigenvalue weighted by Gasteiger charge is 2.14. The molecule has 4 nitrogen and oxygen atoms in total. The summed E-state index contributed by atoms with van der Waals surface area (Å²) in [6.07, 6.45) is 1.47. The minimum absolute atomic E-state index is 0.0113. The van der Waals surface area contributed by atoms with E-state index in [2.05, 4.69) is 10.6 Å². The molecule has 13 heavy (non-hydrogen) atoms. The van der Waals surface area contributed by atoms with E-state index in [1.807, 2.05) is 6.92 Å². The van der Waals surface area contributed by atoms with E-state index in [9.17, 15) is 4.79 Å². The maximum Gasteiger partial charge on any atom is 0.237 e. The third-order valence-electron chi connectivity index (χ3n) is 2.14. The SMILES string of the molecule is CCC(CCO)NC(=O)C(C)NC. The van der Waals surface area contributed by atoms with Crippen molar-refractivity contribution in [1.29, 1.82) is 0 Å². The van der Waals surface area contributed by atoms with E-state index in [0.717, 1.165) is 6.42 Å². The summed E-state index contributed by atoms with van der Waals surface area (Å²) in [7, 11) is 1.75. The third kappa shape index (κ3) is 4.85. The predicted molar refractivity (Wildman–Crippen MR) is 52.4 cm³/mol. The highest BCUT2D eigenvalue weighted by Crippen LogP contribution is 1.96. The monoisotopic (exact) mass is 188 g/mol. The van der Waals surface area contributed by atoms with Gasteiger partial charge >= 0.3 is 0 Å². The zero-order valence-electron chi connectivity index (χ0n) is 8.63. The first-order valence-electron chi connectivity index (χ1n) is 4.74. The molecular formula is C9H20N2O2. The zero-order valence-corrected chi connectivity index (χ0v) is 8.63. The van der Waals surface area contributed by atoms with Crippen molar-refractivity contribution in [3.8, 4) is 0 Å². The quantitative estimate of drug-likeness (QED) is 0.544. The Bertz CT molecular complexity index is 151. The van der Waals surface area contributed by atoms with Crippen LogP contribution in [0.15, 0.2) is 0 Å². The molecule has 0 aromatic rings. The van der Waals surface area contributed by atoms with Crippen LogP contribution in [0.2, 0.25) is 0 Å². The van der Waals surface area contributed by atoms with E-state index in [1.165, 1.54) is 0 Å². The van der Waals surface area contributed by atoms with Gasteiger partial charge in [0, 0.05) is 12.6 Å². The fraction of sp³-hybridized carbons (Fsp3) is 0.889. The lowest BCUT2D eigenvalue weighted by molar-refractivity contribution is -0.123. The van der Waals surface area contributed by atoms with Crippen LogP contribution in [0.25, 0.3) is 0 Å². The third-order valence-corrected chi connectivity index (χ3v) is 2.14. The number of amides is 1. The Kier molecular flexibility index (Phi) is 6.54. The molecule has 0 bridgehead atoms. The summed E-state index contributed by atoms with van der Waals surface area (Å²) in [6.45, 7) is 3.92. The van der Waals surface area contributed by atoms with Crippen molar-refractivity contribution in [3.05, 3.63) is 0 Å². The molecule has 78 valence electrons. The molecule has 0 aromatic carbocycles. The van der Waals surface area contributed by atoms with Gasteiger partial charge in [-0.25, -0.2) is 0 Å². The average Bonchev–Trinajstić information content (AvgIpc) is 2.15. The van der Waals surface area contributed by atoms with Crippen molar-refractivity contribution in [3.63, 3.8) is 0 Å². The lowest BCUT2D eigenvalue weighted by Crippen LogP contribution is -2.45. The van der Waals surface area contributed by atoms with Gasteiger partial charge < -0.3 is 15.7 Å². The van der Waals surface area contributed by atoms with Crippen LogP contribution in [-0.2, 0) is 4.79 Å². The molecule has 0 heterocycles. The maximum atomic E-state index is 11.4. The molecule has 4 heteroatoms. The molecule has 0 rings (SSSR count). The molecule has 0 aliphatic carbocycles. The number of nitrogens with one attached hydrogen (secondary N) is 2. The molecule has 0 aliphatic rings. The minimum atomic E-state index is -0.173. The van der Waals surface area contributed by atoms with Crippen LogP contribution in [-0.4, -0.2) is 36.8 Å². The number of hydrogen-bond acceptors (Lipinski definition) is 3. The molecule has 0 spiro atoms. The van der Waals surface area contributed by atoms with E-state index in [4.69, 9.17) is 5.11 Å². The Hall–Kier alpha value is -0.610. The van der Waals surface area contributed by atoms with Gasteiger partial charge in [-0.15, -0.1) is 0 Å². The average molecular weight is 188 g/mol. The summed E-state index contributed by atoms with van der Waals surface area (Å²) in [5.74, 6) is -0.0113. The first-order chi connectivity index (χ1) is 6.15. The van der Waals surface area contributed by atoms with Crippen LogP contribution in [0.4, 0.5) is 0 Å². The predicted octanol–water partition coefficient (Wildman–Crippen LogP) is -0.128. The summed E-state index contributed by atoms with van der Waals surface area (Å²) in [5, 5.41) is 14.4. The van der Waals surface area contributed by atoms with Crippen LogP contribution >= 0.6 is 0 Å². The molecule has 0 fully saturated rings. The van der Waals surface area contributed by atoms with E-state index in [1.54, 1.807) is 14.0 Å². The van der Waals surface area contributed by atoms with Crippen molar-refractivity contribution in [2.45, 2.75) is 38.8 Å². The van der Waals surface area contributed by atoms with Gasteiger partial charge in [0.2, 0.25) is 5.91 Å². The van der Waals surface area contributed by atoms with Crippen molar-refractivity contribution in [2.24, 2.45) is 0 Å². The number of carbonyl (C=O) groups excluding carboxylic acids is 1. The van der Waals surface area contributed by atoms with Crippen LogP contribution in [0, 0.1) is 0 Å². The van der Waals surface area contributed by atoms with Crippen LogP contribution in [0.1, 0.15) is 26.7 Å². The van der Waals surface area contributed by atoms with Crippen molar-refractivity contribution < 1.29 is 9.90 Å². The highest BCUT2D eigenvalue weighted by molar-refractivity contribution is 5.81. The van der Waals surface area contributed by atoms with Crippen molar-refractivity contribution >= 4 is 5.91 Å². The second kappa shape index (κ2) is 6.86. The molecule has 2 atom stereocenters. The van der Waals surface area contributed by atoms with Gasteiger partial charge in [-0.1, -0.05) is 6.92 Å². The molecule has 2 unspecified atom stereocenters. The lowest BCUT2D eigenvalue weighted by Gasteiger charge is -2.18. The number of aliphatic hydroxyl groups excluding tert-OH is 1. The highest BCUT2D eigenvalue weighted by atomic mass is 16.3. The van der Waals surface area contributed by atoms with Crippen LogP contribution < -0.4 is 10.6 Å². The van der Waals surface area contributed by atoms with Crippen LogP contribution in [0.3, 0.4) is 0 Å². The molecule has 0 aliphatic heterocycles. The summed E-state index contributed by atoms with van der Waals surface area (Å²) in [6, 6.07) is -0.0824. The van der Waals surface area contributed by atoms with E-state index in [-0.39, 0.29) is 24.6 Å². The van der Waals surface area contributed by atoms with Crippen molar-refractivity contribution in [2.75, 3.05) is 13.7 Å². The number of rotatable bonds is 6. The normalized spacial score (nSPS) is 15.1. The molecule has 0 saturated carbocycles. The van der Waals surface area contributed by atoms with E-state index in [0.29, 0.717) is 6.42 Å². The molecular weight excluding hydrogens is 168 g/mol. The van der Waals surface area contributed by atoms with E-state index >= 15 is 0 Å². The summed E-state index contributed by atoms with van der Waals surface area (Å²) < 4.78 is 0. The Labute approximate surface area is 79.7 Å². The summed E-state index contributed by atoms with van der Waals surface area (Å²) >= 11 is 0. The Balaban J connectivity index is 3.85. The Morgan fingerprint density at radius 3 is 2.54 bits per heavy atom. The topological polar surface area (TPSA) is 61.4 Å². The number of likely N-dealkylation sites (N-methyl/N-ethyl adjacent to an activating group) is 1. The second-order valence-electron chi connectivity index (χ2n) is 3.14. The number of carbonyl (C=O) groups is 1. The van der Waals surface area contributed by atoms with Gasteiger partial charge in [-0.2, -0.15) is 0 Å². The minimum Gasteiger partial charge on any atom is -0.396 e. The molecule has 1 amide bonds. The molecule has 0 radical (unpaired) electrons. The fourth-order valence-corrected chi connectivity index (χ4v) is 0.991. The smallest absolute Gasteiger partial charge is 0.237 e. The molecule has 0 aromatic heterocycles. The van der Waals surface area contributed by atoms with Gasteiger partial charge in [-0.3, -0.25) is 4.79 Å². The van der Waals surface area contributed by atoms with E-state index < -0.39 is 0 Å². The second-order valence-corrected chi connectivity index (χ2v) is 3.14. The first-order valence-corrected chi connectivity index (χ1v) is 4.74. The van der Waals surface area contributed by atoms with Gasteiger partial charge in [-0.05, 0) is 26.8 Å². The Morgan fingerprint density at radius 1 is 1.54 bits per heavy atom. The summed E-state index contributed by atoms with van der Waals surface area (Å²) in [4.78, 5) is 11.4. The molecule has 3 N–H and O–H groups in total. The molecule has 0 saturated heterocycles. The largest absolute Gasteiger partial charge is 0.396 e. The fourth-order valence-electron chi connectivity index (χ4n) is 0.991.